The molecular formula is C26H43F9N2O10P2+2. The number of rotatable bonds is 27. The zero-order valence-electron chi connectivity index (χ0n) is 26.8. The Bertz CT molecular complexity index is 918. The van der Waals surface area contributed by atoms with Crippen LogP contribution in [-0.4, -0.2) is 89.4 Å². The van der Waals surface area contributed by atoms with Gasteiger partial charge in [0.25, 0.3) is 0 Å². The highest BCUT2D eigenvalue weighted by molar-refractivity contribution is 7.33. The Morgan fingerprint density at radius 1 is 0.490 bits per heavy atom. The van der Waals surface area contributed by atoms with Crippen molar-refractivity contribution in [1.82, 2.24) is 10.6 Å². The molecule has 0 bridgehead atoms. The summed E-state index contributed by atoms with van der Waals surface area (Å²) in [5.41, 5.74) is 0. The number of ether oxygens (including phenoxy) is 1. The number of hydrogen-bond donors (Lipinski definition) is 2. The molecule has 2 amide bonds. The van der Waals surface area contributed by atoms with E-state index in [-0.39, 0.29) is 58.6 Å². The predicted molar refractivity (Wildman–Crippen MR) is 155 cm³/mol. The van der Waals surface area contributed by atoms with E-state index in [0.29, 0.717) is 25.9 Å². The maximum Gasteiger partial charge on any atom is 0.697 e. The summed E-state index contributed by atoms with van der Waals surface area (Å²) in [6, 6.07) is 0. The molecule has 0 heterocycles. The molecule has 2 N–H and O–H groups in total. The minimum atomic E-state index is -4.94. The third-order valence-corrected chi connectivity index (χ3v) is 7.20. The quantitative estimate of drug-likeness (QED) is 0.0499. The van der Waals surface area contributed by atoms with Gasteiger partial charge in [-0.25, -0.2) is 0 Å². The Morgan fingerprint density at radius 2 is 0.816 bits per heavy atom. The summed E-state index contributed by atoms with van der Waals surface area (Å²) >= 11 is 0. The lowest BCUT2D eigenvalue weighted by Crippen LogP contribution is -2.37. The third-order valence-electron chi connectivity index (χ3n) is 5.62. The van der Waals surface area contributed by atoms with E-state index in [9.17, 15) is 63.0 Å². The number of nitrogens with one attached hydrogen (secondary N) is 2. The normalized spacial score (nSPS) is 12.5. The van der Waals surface area contributed by atoms with Gasteiger partial charge in [-0.1, -0.05) is 19.3 Å². The summed E-state index contributed by atoms with van der Waals surface area (Å²) in [6.07, 6.45) is -9.84. The summed E-state index contributed by atoms with van der Waals surface area (Å²) < 4.78 is 154. The molecule has 288 valence electrons. The fraction of sp³-hybridized carbons (Fsp3) is 0.885. The van der Waals surface area contributed by atoms with E-state index in [0.717, 1.165) is 32.3 Å². The highest BCUT2D eigenvalue weighted by Crippen LogP contribution is 2.26. The highest BCUT2D eigenvalue weighted by Gasteiger charge is 2.39. The van der Waals surface area contributed by atoms with Crippen LogP contribution in [-0.2, 0) is 46.3 Å². The van der Waals surface area contributed by atoms with Crippen LogP contribution in [0.4, 0.5) is 39.5 Å². The second kappa shape index (κ2) is 28.7. The fourth-order valence-electron chi connectivity index (χ4n) is 3.10. The summed E-state index contributed by atoms with van der Waals surface area (Å²) in [7, 11) is -3.00. The van der Waals surface area contributed by atoms with Gasteiger partial charge in [-0.3, -0.25) is 14.4 Å². The zero-order valence-corrected chi connectivity index (χ0v) is 28.6. The second-order valence-electron chi connectivity index (χ2n) is 9.84. The zero-order chi connectivity index (χ0) is 37.8. The maximum absolute atomic E-state index is 11.9. The van der Waals surface area contributed by atoms with E-state index in [1.54, 1.807) is 17.7 Å². The van der Waals surface area contributed by atoms with Gasteiger partial charge in [0.15, 0.2) is 0 Å². The topological polar surface area (TPSA) is 156 Å². The molecule has 0 aliphatic rings. The molecule has 0 spiro atoms. The van der Waals surface area contributed by atoms with Gasteiger partial charge in [0, 0.05) is 42.4 Å². The lowest BCUT2D eigenvalue weighted by molar-refractivity contribution is -0.173. The molecule has 0 saturated heterocycles. The summed E-state index contributed by atoms with van der Waals surface area (Å²) in [5.74, 6) is -5.79. The number of methoxy groups -OCH3 is 1. The first-order valence-electron chi connectivity index (χ1n) is 15.1. The first-order chi connectivity index (χ1) is 22.8. The summed E-state index contributed by atoms with van der Waals surface area (Å²) in [4.78, 5) is 31.6. The third kappa shape index (κ3) is 32.9. The molecule has 23 heteroatoms. The van der Waals surface area contributed by atoms with Gasteiger partial charge in [-0.15, -0.1) is 18.1 Å². The van der Waals surface area contributed by atoms with Crippen molar-refractivity contribution in [2.24, 2.45) is 0 Å². The second-order valence-corrected chi connectivity index (χ2v) is 11.8. The van der Waals surface area contributed by atoms with Gasteiger partial charge in [-0.05, 0) is 51.4 Å². The van der Waals surface area contributed by atoms with Crippen molar-refractivity contribution in [3.63, 3.8) is 0 Å². The largest absolute Gasteiger partial charge is 0.697 e. The smallest absolute Gasteiger partial charge is 0.385 e. The van der Waals surface area contributed by atoms with E-state index < -0.39 is 59.1 Å². The number of Topliss-reactive ketones (excluding diaryl/α,β-unsaturated/α-hetero) is 1. The van der Waals surface area contributed by atoms with E-state index in [2.05, 4.69) is 0 Å². The molecule has 0 aromatic carbocycles. The SMILES string of the molecule is COCCCCCCO[P+](=O)OCCCCNC(=O)C(F)(F)F.O=C(CCCCCO[P+](=O)OCCCCNC(=O)C(F)(F)F)C(F)(F)F. The molecule has 2 unspecified atom stereocenters. The summed E-state index contributed by atoms with van der Waals surface area (Å²) in [6.45, 7) is 0.751. The van der Waals surface area contributed by atoms with Gasteiger partial charge >= 0.3 is 46.9 Å². The van der Waals surface area contributed by atoms with Gasteiger partial charge < -0.3 is 15.4 Å². The molecule has 0 aromatic rings. The Kier molecular flexibility index (Phi) is 28.7. The predicted octanol–water partition coefficient (Wildman–Crippen LogP) is 7.17. The van der Waals surface area contributed by atoms with Crippen molar-refractivity contribution in [2.45, 2.75) is 95.6 Å². The molecule has 12 nitrogen and oxygen atoms in total. The Balaban J connectivity index is 0. The van der Waals surface area contributed by atoms with Crippen molar-refractivity contribution in [3.8, 4) is 0 Å². The minimum absolute atomic E-state index is 0.0307. The van der Waals surface area contributed by atoms with Crippen LogP contribution in [0.3, 0.4) is 0 Å². The molecule has 0 aromatic heterocycles. The lowest BCUT2D eigenvalue weighted by Gasteiger charge is -2.06. The molecule has 0 rings (SSSR count). The molecule has 0 saturated carbocycles. The van der Waals surface area contributed by atoms with Crippen LogP contribution in [0.5, 0.6) is 0 Å². The van der Waals surface area contributed by atoms with Crippen LogP contribution in [0.15, 0.2) is 0 Å². The molecule has 0 aliphatic heterocycles. The molecule has 0 radical (unpaired) electrons. The number of carbonyl (C=O) groups is 3. The van der Waals surface area contributed by atoms with Crippen LogP contribution < -0.4 is 10.6 Å². The monoisotopic (exact) mass is 776 g/mol. The van der Waals surface area contributed by atoms with Crippen molar-refractivity contribution in [1.29, 1.82) is 0 Å². The van der Waals surface area contributed by atoms with Crippen LogP contribution in [0.2, 0.25) is 0 Å². The highest BCUT2D eigenvalue weighted by atomic mass is 31.1. The molecule has 49 heavy (non-hydrogen) atoms. The van der Waals surface area contributed by atoms with Crippen molar-refractivity contribution in [3.05, 3.63) is 0 Å². The van der Waals surface area contributed by atoms with Gasteiger partial charge in [0.05, 0.1) is 0 Å². The van der Waals surface area contributed by atoms with E-state index >= 15 is 0 Å². The molecule has 0 aliphatic carbocycles. The summed E-state index contributed by atoms with van der Waals surface area (Å²) in [5, 5.41) is 3.40. The molecule has 2 atom stereocenters. The van der Waals surface area contributed by atoms with Gasteiger partial charge in [0.2, 0.25) is 5.78 Å². The number of amides is 2. The number of ketones is 1. The van der Waals surface area contributed by atoms with Crippen molar-refractivity contribution in [2.75, 3.05) is 53.2 Å². The minimum Gasteiger partial charge on any atom is -0.385 e. The number of unbranched alkanes of at least 4 members (excludes halogenated alkanes) is 7. The Hall–Kier alpha value is -2.02. The molecule has 0 fully saturated rings. The van der Waals surface area contributed by atoms with Crippen LogP contribution in [0.1, 0.15) is 77.0 Å². The average Bonchev–Trinajstić information content (AvgIpc) is 3.00. The van der Waals surface area contributed by atoms with Crippen molar-refractivity contribution < 1.29 is 85.9 Å². The standard InChI is InChI=1S/C13H18F6NO5P.C13H23F3NO5P/c14-12(15,16)10(21)6-2-1-4-8-24-26(23)25-9-5-3-7-20-11(22)13(17,18)19;1-20-9-5-2-3-6-10-21-23(19)22-11-7-4-8-17-12(18)13(14,15)16/h1-9H2;2-11H2,1H3/p+2. The van der Waals surface area contributed by atoms with E-state index in [4.69, 9.17) is 22.8 Å². The number of hydrogen-bond acceptors (Lipinski definition) is 10. The lowest BCUT2D eigenvalue weighted by atomic mass is 10.1. The van der Waals surface area contributed by atoms with Gasteiger partial charge in [-0.2, -0.15) is 39.5 Å². The first kappa shape index (κ1) is 49.1. The molecular weight excluding hydrogens is 733 g/mol. The van der Waals surface area contributed by atoms with Crippen LogP contribution >= 0.6 is 16.5 Å². The van der Waals surface area contributed by atoms with Crippen LogP contribution in [0, 0.1) is 0 Å². The van der Waals surface area contributed by atoms with Gasteiger partial charge in [0.1, 0.15) is 26.4 Å². The number of alkyl halides is 9. The Morgan fingerprint density at radius 3 is 1.14 bits per heavy atom. The van der Waals surface area contributed by atoms with Crippen LogP contribution in [0.25, 0.3) is 0 Å². The fourth-order valence-corrected chi connectivity index (χ4v) is 4.36. The number of carbonyl (C=O) groups excluding carboxylic acids is 3. The van der Waals surface area contributed by atoms with E-state index in [1.165, 1.54) is 0 Å². The maximum atomic E-state index is 11.9. The Labute approximate surface area is 279 Å². The van der Waals surface area contributed by atoms with E-state index in [1.807, 2.05) is 0 Å². The average molecular weight is 777 g/mol. The first-order valence-corrected chi connectivity index (χ1v) is 17.3. The van der Waals surface area contributed by atoms with Crippen molar-refractivity contribution >= 4 is 34.1 Å². The number of halogens is 9.